The van der Waals surface area contributed by atoms with Gasteiger partial charge in [-0.15, -0.1) is 0 Å². The zero-order valence-electron chi connectivity index (χ0n) is 15.8. The van der Waals surface area contributed by atoms with Gasteiger partial charge in [-0.3, -0.25) is 4.79 Å². The normalized spacial score (nSPS) is 11.8. The lowest BCUT2D eigenvalue weighted by Crippen LogP contribution is -2.33. The molecule has 0 heterocycles. The minimum Gasteiger partial charge on any atom is -0.493 e. The number of nitrogens with zero attached hydrogens (tertiary/aromatic N) is 1. The highest BCUT2D eigenvalue weighted by atomic mass is 35.5. The first kappa shape index (κ1) is 21.7. The topological polar surface area (TPSA) is 78.4 Å². The molecule has 0 bridgehead atoms. The van der Waals surface area contributed by atoms with Gasteiger partial charge in [-0.1, -0.05) is 23.2 Å². The highest BCUT2D eigenvalue weighted by Crippen LogP contribution is 2.37. The van der Waals surface area contributed by atoms with Crippen LogP contribution in [0.2, 0.25) is 10.0 Å². The molecule has 1 amide bonds. The van der Waals surface area contributed by atoms with Gasteiger partial charge in [-0.05, 0) is 37.3 Å². The van der Waals surface area contributed by atoms with Crippen molar-refractivity contribution in [1.82, 2.24) is 5.43 Å². The average Bonchev–Trinajstić information content (AvgIpc) is 2.68. The first-order valence-corrected chi connectivity index (χ1v) is 8.89. The molecule has 28 heavy (non-hydrogen) atoms. The van der Waals surface area contributed by atoms with Crippen LogP contribution >= 0.6 is 23.2 Å². The summed E-state index contributed by atoms with van der Waals surface area (Å²) in [6, 6.07) is 8.14. The van der Waals surface area contributed by atoms with Crippen molar-refractivity contribution in [1.29, 1.82) is 0 Å². The minimum atomic E-state index is -0.823. The second-order valence-corrected chi connectivity index (χ2v) is 6.37. The summed E-state index contributed by atoms with van der Waals surface area (Å²) in [5, 5.41) is 4.73. The molecule has 0 fully saturated rings. The van der Waals surface area contributed by atoms with Crippen LogP contribution < -0.4 is 24.4 Å². The van der Waals surface area contributed by atoms with Crippen LogP contribution in [0.5, 0.6) is 23.0 Å². The zero-order chi connectivity index (χ0) is 20.7. The van der Waals surface area contributed by atoms with Gasteiger partial charge in [0.1, 0.15) is 5.75 Å². The highest BCUT2D eigenvalue weighted by Gasteiger charge is 2.16. The van der Waals surface area contributed by atoms with E-state index in [1.165, 1.54) is 33.6 Å². The minimum absolute atomic E-state index is 0.313. The van der Waals surface area contributed by atoms with Gasteiger partial charge in [0.15, 0.2) is 17.6 Å². The third kappa shape index (κ3) is 5.43. The Kier molecular flexibility index (Phi) is 7.78. The van der Waals surface area contributed by atoms with E-state index in [0.29, 0.717) is 38.6 Å². The lowest BCUT2D eigenvalue weighted by atomic mass is 10.2. The van der Waals surface area contributed by atoms with Crippen molar-refractivity contribution < 1.29 is 23.7 Å². The third-order valence-corrected chi connectivity index (χ3v) is 4.17. The number of benzene rings is 2. The van der Waals surface area contributed by atoms with Gasteiger partial charge in [0.25, 0.3) is 5.91 Å². The summed E-state index contributed by atoms with van der Waals surface area (Å²) in [5.74, 6) is 1.32. The fraction of sp³-hybridized carbons (Fsp3) is 0.263. The quantitative estimate of drug-likeness (QED) is 0.510. The first-order valence-electron chi connectivity index (χ1n) is 8.14. The fourth-order valence-corrected chi connectivity index (χ4v) is 2.71. The Labute approximate surface area is 173 Å². The number of ether oxygens (including phenoxy) is 4. The second-order valence-electron chi connectivity index (χ2n) is 5.53. The molecule has 0 unspecified atom stereocenters. The average molecular weight is 427 g/mol. The molecule has 1 N–H and O–H groups in total. The number of hydrogen-bond acceptors (Lipinski definition) is 6. The monoisotopic (exact) mass is 426 g/mol. The molecular weight excluding hydrogens is 407 g/mol. The standard InChI is InChI=1S/C19H20Cl2N2O5/c1-11(28-15-6-5-13(20)9-14(15)21)19(24)23-22-10-12-7-16(25-2)18(27-4)17(8-12)26-3/h5-11H,1-4H3,(H,23,24)/b22-10-/t11-/m1/s1. The first-order chi connectivity index (χ1) is 13.4. The lowest BCUT2D eigenvalue weighted by Gasteiger charge is -2.14. The van der Waals surface area contributed by atoms with Crippen LogP contribution in [-0.4, -0.2) is 39.6 Å². The van der Waals surface area contributed by atoms with Crippen LogP contribution in [0.3, 0.4) is 0 Å². The number of rotatable bonds is 8. The summed E-state index contributed by atoms with van der Waals surface area (Å²) in [5.41, 5.74) is 3.05. The van der Waals surface area contributed by atoms with E-state index in [4.69, 9.17) is 42.1 Å². The molecule has 0 aliphatic carbocycles. The van der Waals surface area contributed by atoms with E-state index in [0.717, 1.165) is 0 Å². The molecule has 7 nitrogen and oxygen atoms in total. The Bertz CT molecular complexity index is 848. The smallest absolute Gasteiger partial charge is 0.280 e. The van der Waals surface area contributed by atoms with E-state index in [1.54, 1.807) is 31.2 Å². The van der Waals surface area contributed by atoms with Crippen molar-refractivity contribution in [3.63, 3.8) is 0 Å². The van der Waals surface area contributed by atoms with Crippen LogP contribution in [0.25, 0.3) is 0 Å². The molecule has 0 aromatic heterocycles. The van der Waals surface area contributed by atoms with Crippen LogP contribution in [0.1, 0.15) is 12.5 Å². The van der Waals surface area contributed by atoms with Crippen LogP contribution in [0.15, 0.2) is 35.4 Å². The third-order valence-electron chi connectivity index (χ3n) is 3.64. The number of hydrogen-bond donors (Lipinski definition) is 1. The molecule has 9 heteroatoms. The van der Waals surface area contributed by atoms with Crippen LogP contribution in [-0.2, 0) is 4.79 Å². The largest absolute Gasteiger partial charge is 0.493 e. The summed E-state index contributed by atoms with van der Waals surface area (Å²) >= 11 is 11.9. The van der Waals surface area contributed by atoms with E-state index in [-0.39, 0.29) is 0 Å². The molecule has 0 saturated carbocycles. The van der Waals surface area contributed by atoms with Gasteiger partial charge in [-0.25, -0.2) is 5.43 Å². The number of halogens is 2. The van der Waals surface area contributed by atoms with E-state index in [2.05, 4.69) is 10.5 Å². The summed E-state index contributed by atoms with van der Waals surface area (Å²) < 4.78 is 21.3. The van der Waals surface area contributed by atoms with Crippen LogP contribution in [0, 0.1) is 0 Å². The van der Waals surface area contributed by atoms with Crippen molar-refractivity contribution in [3.05, 3.63) is 45.9 Å². The summed E-state index contributed by atoms with van der Waals surface area (Å²) in [6.45, 7) is 1.58. The number of carbonyl (C=O) groups is 1. The predicted molar refractivity (Wildman–Crippen MR) is 108 cm³/mol. The van der Waals surface area contributed by atoms with Gasteiger partial charge < -0.3 is 18.9 Å². The number of hydrazone groups is 1. The van der Waals surface area contributed by atoms with Crippen molar-refractivity contribution in [3.8, 4) is 23.0 Å². The lowest BCUT2D eigenvalue weighted by molar-refractivity contribution is -0.127. The Hall–Kier alpha value is -2.64. The van der Waals surface area contributed by atoms with E-state index in [9.17, 15) is 4.79 Å². The predicted octanol–water partition coefficient (Wildman–Crippen LogP) is 3.94. The van der Waals surface area contributed by atoms with Gasteiger partial charge in [0.2, 0.25) is 5.75 Å². The fourth-order valence-electron chi connectivity index (χ4n) is 2.25. The SMILES string of the molecule is COc1cc(/C=N\NC(=O)[C@@H](C)Oc2ccc(Cl)cc2Cl)cc(OC)c1OC. The highest BCUT2D eigenvalue weighted by molar-refractivity contribution is 6.35. The molecule has 0 aliphatic rings. The summed E-state index contributed by atoms with van der Waals surface area (Å²) in [7, 11) is 4.55. The van der Waals surface area contributed by atoms with Gasteiger partial charge in [-0.2, -0.15) is 5.10 Å². The van der Waals surface area contributed by atoms with E-state index < -0.39 is 12.0 Å². The maximum atomic E-state index is 12.2. The maximum Gasteiger partial charge on any atom is 0.280 e. The number of methoxy groups -OCH3 is 3. The van der Waals surface area contributed by atoms with Gasteiger partial charge in [0.05, 0.1) is 32.6 Å². The Balaban J connectivity index is 2.04. The van der Waals surface area contributed by atoms with Crippen molar-refractivity contribution in [2.75, 3.05) is 21.3 Å². The summed E-state index contributed by atoms with van der Waals surface area (Å²) in [6.07, 6.45) is 0.625. The Morgan fingerprint density at radius 3 is 2.21 bits per heavy atom. The Morgan fingerprint density at radius 1 is 1.04 bits per heavy atom. The Morgan fingerprint density at radius 2 is 1.68 bits per heavy atom. The van der Waals surface area contributed by atoms with Gasteiger partial charge >= 0.3 is 0 Å². The van der Waals surface area contributed by atoms with Crippen molar-refractivity contribution >= 4 is 35.3 Å². The molecule has 2 aromatic carbocycles. The molecule has 0 radical (unpaired) electrons. The molecule has 2 aromatic rings. The number of carbonyl (C=O) groups excluding carboxylic acids is 1. The number of nitrogens with one attached hydrogen (secondary N) is 1. The molecule has 150 valence electrons. The zero-order valence-corrected chi connectivity index (χ0v) is 17.3. The van der Waals surface area contributed by atoms with E-state index >= 15 is 0 Å². The van der Waals surface area contributed by atoms with Crippen molar-refractivity contribution in [2.24, 2.45) is 5.10 Å². The van der Waals surface area contributed by atoms with Gasteiger partial charge in [0, 0.05) is 10.6 Å². The number of amides is 1. The molecular formula is C19H20Cl2N2O5. The maximum absolute atomic E-state index is 12.2. The molecule has 0 spiro atoms. The molecule has 2 rings (SSSR count). The van der Waals surface area contributed by atoms with E-state index in [1.807, 2.05) is 0 Å². The van der Waals surface area contributed by atoms with Crippen molar-refractivity contribution in [2.45, 2.75) is 13.0 Å². The molecule has 0 saturated heterocycles. The summed E-state index contributed by atoms with van der Waals surface area (Å²) in [4.78, 5) is 12.2. The van der Waals surface area contributed by atoms with Crippen LogP contribution in [0.4, 0.5) is 0 Å². The second kappa shape index (κ2) is 10.1. The molecule has 0 aliphatic heterocycles. The molecule has 1 atom stereocenters.